The molecule has 0 aliphatic heterocycles. The molecule has 0 saturated heterocycles. The molecule has 4 nitrogen and oxygen atoms in total. The first-order valence-corrected chi connectivity index (χ1v) is 12.7. The average Bonchev–Trinajstić information content (AvgIpc) is 2.70. The molecule has 0 unspecified atom stereocenters. The van der Waals surface area contributed by atoms with Gasteiger partial charge in [-0.2, -0.15) is 0 Å². The predicted octanol–water partition coefficient (Wildman–Crippen LogP) is 6.73. The Morgan fingerprint density at radius 2 is 1.53 bits per heavy atom. The average molecular weight is 512 g/mol. The number of ether oxygens (including phenoxy) is 1. The van der Waals surface area contributed by atoms with Crippen molar-refractivity contribution >= 4 is 47.5 Å². The molecule has 4 rings (SSSR count). The van der Waals surface area contributed by atoms with Gasteiger partial charge in [-0.15, -0.1) is 0 Å². The van der Waals surface area contributed by atoms with Crippen molar-refractivity contribution in [1.29, 1.82) is 0 Å². The SMILES string of the molecule is COc1c(C)cc2cc(Br)ccc2c1-c1c(S(=O)(=O)NC(C)C)c(C)cc2ccccc12. The molecule has 4 aromatic carbocycles. The lowest BCUT2D eigenvalue weighted by atomic mass is 9.90. The fourth-order valence-electron chi connectivity index (χ4n) is 4.44. The molecule has 4 aromatic rings. The van der Waals surface area contributed by atoms with Gasteiger partial charge >= 0.3 is 0 Å². The van der Waals surface area contributed by atoms with Gasteiger partial charge in [0.25, 0.3) is 0 Å². The summed E-state index contributed by atoms with van der Waals surface area (Å²) in [6.07, 6.45) is 0. The number of aryl methyl sites for hydroxylation is 2. The summed E-state index contributed by atoms with van der Waals surface area (Å²) in [5.74, 6) is 0.677. The second kappa shape index (κ2) is 8.50. The highest BCUT2D eigenvalue weighted by Gasteiger charge is 2.28. The molecule has 32 heavy (non-hydrogen) atoms. The molecule has 0 saturated carbocycles. The van der Waals surface area contributed by atoms with E-state index < -0.39 is 10.0 Å². The third-order valence-corrected chi connectivity index (χ3v) is 7.88. The third kappa shape index (κ3) is 3.91. The normalized spacial score (nSPS) is 12.1. The minimum atomic E-state index is -3.79. The molecule has 6 heteroatoms. The molecule has 0 fully saturated rings. The molecule has 0 heterocycles. The zero-order chi connectivity index (χ0) is 23.2. The van der Waals surface area contributed by atoms with Crippen LogP contribution >= 0.6 is 15.9 Å². The van der Waals surface area contributed by atoms with Crippen LogP contribution in [0.25, 0.3) is 32.7 Å². The first-order chi connectivity index (χ1) is 15.1. The quantitative estimate of drug-likeness (QED) is 0.323. The van der Waals surface area contributed by atoms with E-state index in [9.17, 15) is 8.42 Å². The van der Waals surface area contributed by atoms with Gasteiger partial charge in [0, 0.05) is 21.6 Å². The van der Waals surface area contributed by atoms with Crippen molar-refractivity contribution < 1.29 is 13.2 Å². The predicted molar refractivity (Wildman–Crippen MR) is 136 cm³/mol. The number of nitrogens with one attached hydrogen (secondary N) is 1. The Morgan fingerprint density at radius 1 is 0.875 bits per heavy atom. The van der Waals surface area contributed by atoms with Gasteiger partial charge in [-0.25, -0.2) is 13.1 Å². The van der Waals surface area contributed by atoms with E-state index in [0.29, 0.717) is 16.9 Å². The van der Waals surface area contributed by atoms with E-state index in [2.05, 4.69) is 26.7 Å². The van der Waals surface area contributed by atoms with Crippen LogP contribution in [0.3, 0.4) is 0 Å². The molecule has 0 atom stereocenters. The van der Waals surface area contributed by atoms with Crippen LogP contribution in [0.2, 0.25) is 0 Å². The standard InChI is InChI=1S/C26H26BrNO3S/c1-15(2)28-32(29,30)26-17(4)13-18-8-6-7-9-21(18)24(26)23-22-11-10-20(27)14-19(22)12-16(3)25(23)31-5/h6-15,28H,1-5H3. The van der Waals surface area contributed by atoms with Gasteiger partial charge in [0.1, 0.15) is 5.75 Å². The topological polar surface area (TPSA) is 55.4 Å². The Morgan fingerprint density at radius 3 is 2.22 bits per heavy atom. The zero-order valence-electron chi connectivity index (χ0n) is 18.8. The third-order valence-electron chi connectivity index (χ3n) is 5.54. The molecule has 0 aliphatic carbocycles. The summed E-state index contributed by atoms with van der Waals surface area (Å²) in [7, 11) is -2.16. The van der Waals surface area contributed by atoms with Gasteiger partial charge in [0.05, 0.1) is 12.0 Å². The van der Waals surface area contributed by atoms with Crippen LogP contribution in [0.5, 0.6) is 5.75 Å². The summed E-state index contributed by atoms with van der Waals surface area (Å²) in [5.41, 5.74) is 3.10. The number of rotatable bonds is 5. The van der Waals surface area contributed by atoms with Crippen molar-refractivity contribution in [3.8, 4) is 16.9 Å². The van der Waals surface area contributed by atoms with Crippen LogP contribution in [0.15, 0.2) is 64.0 Å². The van der Waals surface area contributed by atoms with Gasteiger partial charge in [0.2, 0.25) is 10.0 Å². The lowest BCUT2D eigenvalue weighted by molar-refractivity contribution is 0.414. The second-order valence-electron chi connectivity index (χ2n) is 8.36. The minimum Gasteiger partial charge on any atom is -0.496 e. The number of hydrogen-bond acceptors (Lipinski definition) is 3. The smallest absolute Gasteiger partial charge is 0.241 e. The van der Waals surface area contributed by atoms with E-state index in [0.717, 1.165) is 37.1 Å². The van der Waals surface area contributed by atoms with E-state index in [4.69, 9.17) is 4.74 Å². The number of benzene rings is 4. The summed E-state index contributed by atoms with van der Waals surface area (Å²) < 4.78 is 36.9. The van der Waals surface area contributed by atoms with Crippen LogP contribution in [-0.4, -0.2) is 21.6 Å². The Kier molecular flexibility index (Phi) is 6.05. The van der Waals surface area contributed by atoms with E-state index in [1.165, 1.54) is 0 Å². The molecule has 166 valence electrons. The monoisotopic (exact) mass is 511 g/mol. The maximum Gasteiger partial charge on any atom is 0.241 e. The molecule has 1 N–H and O–H groups in total. The van der Waals surface area contributed by atoms with Crippen LogP contribution in [0, 0.1) is 13.8 Å². The fraction of sp³-hybridized carbons (Fsp3) is 0.231. The number of fused-ring (bicyclic) bond motifs is 2. The van der Waals surface area contributed by atoms with Crippen molar-refractivity contribution in [2.75, 3.05) is 7.11 Å². The van der Waals surface area contributed by atoms with Gasteiger partial charge < -0.3 is 4.74 Å². The van der Waals surface area contributed by atoms with Crippen molar-refractivity contribution in [2.45, 2.75) is 38.6 Å². The highest BCUT2D eigenvalue weighted by Crippen LogP contribution is 2.46. The molecule has 0 aromatic heterocycles. The van der Waals surface area contributed by atoms with Gasteiger partial charge in [0.15, 0.2) is 0 Å². The maximum absolute atomic E-state index is 13.6. The number of halogens is 1. The second-order valence-corrected chi connectivity index (χ2v) is 10.9. The van der Waals surface area contributed by atoms with Gasteiger partial charge in [-0.1, -0.05) is 52.3 Å². The fourth-order valence-corrected chi connectivity index (χ4v) is 6.52. The Balaban J connectivity index is 2.28. The number of methoxy groups -OCH3 is 1. The van der Waals surface area contributed by atoms with Gasteiger partial charge in [-0.05, 0) is 78.6 Å². The van der Waals surface area contributed by atoms with E-state index in [1.54, 1.807) is 7.11 Å². The Bertz CT molecular complexity index is 1460. The number of sulfonamides is 1. The van der Waals surface area contributed by atoms with Crippen molar-refractivity contribution in [3.05, 3.63) is 70.2 Å². The summed E-state index contributed by atoms with van der Waals surface area (Å²) in [5, 5.41) is 3.80. The van der Waals surface area contributed by atoms with Crippen LogP contribution in [-0.2, 0) is 10.0 Å². The van der Waals surface area contributed by atoms with E-state index in [1.807, 2.05) is 76.2 Å². The zero-order valence-corrected chi connectivity index (χ0v) is 21.2. The maximum atomic E-state index is 13.6. The first kappa shape index (κ1) is 22.8. The summed E-state index contributed by atoms with van der Waals surface area (Å²) in [6, 6.07) is 17.7. The molecule has 0 amide bonds. The van der Waals surface area contributed by atoms with Crippen LogP contribution in [0.1, 0.15) is 25.0 Å². The summed E-state index contributed by atoms with van der Waals surface area (Å²) in [6.45, 7) is 7.49. The molecule has 0 spiro atoms. The highest BCUT2D eigenvalue weighted by molar-refractivity contribution is 9.10. The molecule has 0 aliphatic rings. The minimum absolute atomic E-state index is 0.231. The largest absolute Gasteiger partial charge is 0.496 e. The molecular weight excluding hydrogens is 486 g/mol. The lowest BCUT2D eigenvalue weighted by Gasteiger charge is -2.22. The van der Waals surface area contributed by atoms with Crippen LogP contribution in [0.4, 0.5) is 0 Å². The Labute approximate surface area is 197 Å². The lowest BCUT2D eigenvalue weighted by Crippen LogP contribution is -2.31. The first-order valence-electron chi connectivity index (χ1n) is 10.5. The van der Waals surface area contributed by atoms with E-state index >= 15 is 0 Å². The number of hydrogen-bond donors (Lipinski definition) is 1. The molecule has 0 bridgehead atoms. The summed E-state index contributed by atoms with van der Waals surface area (Å²) in [4.78, 5) is 0.290. The van der Waals surface area contributed by atoms with Crippen molar-refractivity contribution in [3.63, 3.8) is 0 Å². The molecule has 0 radical (unpaired) electrons. The molecular formula is C26H26BrNO3S. The van der Waals surface area contributed by atoms with Crippen molar-refractivity contribution in [2.24, 2.45) is 0 Å². The highest BCUT2D eigenvalue weighted by atomic mass is 79.9. The van der Waals surface area contributed by atoms with Crippen LogP contribution < -0.4 is 9.46 Å². The Hall–Kier alpha value is -2.41. The van der Waals surface area contributed by atoms with Crippen molar-refractivity contribution in [1.82, 2.24) is 4.72 Å². The summed E-state index contributed by atoms with van der Waals surface area (Å²) >= 11 is 3.56. The van der Waals surface area contributed by atoms with E-state index in [-0.39, 0.29) is 10.9 Å². The van der Waals surface area contributed by atoms with Gasteiger partial charge in [-0.3, -0.25) is 0 Å².